The molecular weight excluding hydrogens is 266 g/mol. The van der Waals surface area contributed by atoms with Gasteiger partial charge in [-0.3, -0.25) is 0 Å². The lowest BCUT2D eigenvalue weighted by Gasteiger charge is -2.32. The lowest BCUT2D eigenvalue weighted by atomic mass is 9.52. The highest BCUT2D eigenvalue weighted by Gasteiger charge is 2.61. The Morgan fingerprint density at radius 3 is 1.10 bits per heavy atom. The van der Waals surface area contributed by atoms with Gasteiger partial charge in [-0.2, -0.15) is 0 Å². The Labute approximate surface area is 129 Å². The third-order valence-corrected chi connectivity index (χ3v) is 5.44. The summed E-state index contributed by atoms with van der Waals surface area (Å²) in [5.74, 6) is 0. The van der Waals surface area contributed by atoms with Crippen LogP contribution in [0.5, 0.6) is 0 Å². The van der Waals surface area contributed by atoms with Crippen LogP contribution in [0.3, 0.4) is 0 Å². The van der Waals surface area contributed by atoms with E-state index in [1.807, 2.05) is 61.5 Å². The first-order valence-corrected chi connectivity index (χ1v) is 7.67. The van der Waals surface area contributed by atoms with Crippen LogP contribution in [0.25, 0.3) is 0 Å². The van der Waals surface area contributed by atoms with Gasteiger partial charge in [0.1, 0.15) is 0 Å². The Morgan fingerprint density at radius 2 is 0.905 bits per heavy atom. The summed E-state index contributed by atoms with van der Waals surface area (Å²) in [6.45, 7) is 20.2. The van der Waals surface area contributed by atoms with Crippen LogP contribution in [-0.4, -0.2) is 36.6 Å². The topological polar surface area (TPSA) is 36.9 Å². The van der Waals surface area contributed by atoms with Crippen molar-refractivity contribution in [3.63, 3.8) is 0 Å². The van der Waals surface area contributed by atoms with E-state index in [9.17, 15) is 0 Å². The van der Waals surface area contributed by atoms with Crippen LogP contribution in [-0.2, 0) is 18.6 Å². The molecule has 0 aromatic heterocycles. The van der Waals surface area contributed by atoms with Crippen LogP contribution in [0.1, 0.15) is 55.4 Å². The normalized spacial score (nSPS) is 29.2. The van der Waals surface area contributed by atoms with Gasteiger partial charge in [-0.25, -0.2) is 0 Å². The highest BCUT2D eigenvalue weighted by atomic mass is 16.7. The van der Waals surface area contributed by atoms with E-state index >= 15 is 0 Å². The molecule has 118 valence electrons. The van der Waals surface area contributed by atoms with Crippen molar-refractivity contribution in [1.82, 2.24) is 0 Å². The highest BCUT2D eigenvalue weighted by Crippen LogP contribution is 2.45. The molecular formula is C15H28B2O4. The molecule has 0 spiro atoms. The zero-order valence-electron chi connectivity index (χ0n) is 14.6. The predicted octanol–water partition coefficient (Wildman–Crippen LogP) is 3.27. The molecule has 2 fully saturated rings. The number of hydrogen-bond acceptors (Lipinski definition) is 4. The molecule has 0 aromatic rings. The first-order chi connectivity index (χ1) is 9.33. The molecule has 2 heterocycles. The van der Waals surface area contributed by atoms with Crippen LogP contribution in [0.4, 0.5) is 0 Å². The van der Waals surface area contributed by atoms with Gasteiger partial charge >= 0.3 is 14.2 Å². The SMILES string of the molecule is C=CC(B1OC(C)(C)C(C)(C)O1)B1OC(C)(C)C(C)(C)O1. The minimum Gasteiger partial charge on any atom is -0.403 e. The summed E-state index contributed by atoms with van der Waals surface area (Å²) in [7, 11) is -0.829. The maximum Gasteiger partial charge on any atom is 0.462 e. The average molecular weight is 294 g/mol. The van der Waals surface area contributed by atoms with E-state index < -0.39 is 14.2 Å². The Balaban J connectivity index is 2.18. The van der Waals surface area contributed by atoms with Crippen LogP contribution >= 0.6 is 0 Å². The minimum absolute atomic E-state index is 0.174. The largest absolute Gasteiger partial charge is 0.462 e. The Kier molecular flexibility index (Phi) is 3.94. The van der Waals surface area contributed by atoms with Crippen LogP contribution in [0, 0.1) is 0 Å². The first kappa shape index (κ1) is 17.1. The van der Waals surface area contributed by atoms with E-state index in [4.69, 9.17) is 18.6 Å². The molecule has 6 heteroatoms. The molecule has 4 nitrogen and oxygen atoms in total. The Hall–Kier alpha value is -0.290. The maximum absolute atomic E-state index is 6.11. The van der Waals surface area contributed by atoms with Crippen molar-refractivity contribution in [2.24, 2.45) is 0 Å². The summed E-state index contributed by atoms with van der Waals surface area (Å²) in [5, 5.41) is 0. The Morgan fingerprint density at radius 1 is 0.667 bits per heavy atom. The van der Waals surface area contributed by atoms with E-state index in [0.717, 1.165) is 0 Å². The average Bonchev–Trinajstić information content (AvgIpc) is 2.58. The fraction of sp³-hybridized carbons (Fsp3) is 0.867. The van der Waals surface area contributed by atoms with Gasteiger partial charge in [0.25, 0.3) is 0 Å². The van der Waals surface area contributed by atoms with E-state index in [0.29, 0.717) is 0 Å². The molecule has 0 unspecified atom stereocenters. The standard InChI is InChI=1S/C15H28B2O4/c1-10-11(16-18-12(2,3)13(4,5)19-16)17-20-14(6,7)15(8,9)21-17/h10-11H,1H2,2-9H3. The van der Waals surface area contributed by atoms with Gasteiger partial charge in [0.15, 0.2) is 0 Å². The van der Waals surface area contributed by atoms with Gasteiger partial charge < -0.3 is 18.6 Å². The fourth-order valence-electron chi connectivity index (χ4n) is 2.44. The van der Waals surface area contributed by atoms with Gasteiger partial charge in [-0.1, -0.05) is 6.08 Å². The second-order valence-corrected chi connectivity index (χ2v) is 8.06. The summed E-state index contributed by atoms with van der Waals surface area (Å²) >= 11 is 0. The molecule has 2 rings (SSSR count). The third kappa shape index (κ3) is 2.72. The summed E-state index contributed by atoms with van der Waals surface area (Å²) in [6, 6.07) is 0. The molecule has 0 bridgehead atoms. The zero-order chi connectivity index (χ0) is 16.3. The highest BCUT2D eigenvalue weighted by molar-refractivity contribution is 6.69. The summed E-state index contributed by atoms with van der Waals surface area (Å²) in [4.78, 5) is 0. The van der Waals surface area contributed by atoms with E-state index in [2.05, 4.69) is 6.58 Å². The van der Waals surface area contributed by atoms with Crippen molar-refractivity contribution in [3.8, 4) is 0 Å². The van der Waals surface area contributed by atoms with E-state index in [1.54, 1.807) is 0 Å². The van der Waals surface area contributed by atoms with Crippen molar-refractivity contribution >= 4 is 14.2 Å². The van der Waals surface area contributed by atoms with Crippen molar-refractivity contribution < 1.29 is 18.6 Å². The number of rotatable bonds is 3. The molecule has 2 aliphatic rings. The molecule has 0 aliphatic carbocycles. The molecule has 0 amide bonds. The third-order valence-electron chi connectivity index (χ3n) is 5.44. The van der Waals surface area contributed by atoms with E-state index in [1.165, 1.54) is 0 Å². The van der Waals surface area contributed by atoms with Crippen molar-refractivity contribution in [2.45, 2.75) is 83.5 Å². The summed E-state index contributed by atoms with van der Waals surface area (Å²) < 4.78 is 24.4. The molecule has 0 saturated carbocycles. The monoisotopic (exact) mass is 294 g/mol. The molecule has 2 aliphatic heterocycles. The van der Waals surface area contributed by atoms with Gasteiger partial charge in [0.05, 0.1) is 22.4 Å². The maximum atomic E-state index is 6.11. The molecule has 0 atom stereocenters. The molecule has 0 N–H and O–H groups in total. The van der Waals surface area contributed by atoms with Crippen LogP contribution in [0.15, 0.2) is 12.7 Å². The summed E-state index contributed by atoms with van der Waals surface area (Å²) in [5.41, 5.74) is -1.66. The van der Waals surface area contributed by atoms with Gasteiger partial charge in [0, 0.05) is 5.72 Å². The number of allylic oxidation sites excluding steroid dienone is 1. The van der Waals surface area contributed by atoms with Crippen LogP contribution in [0.2, 0.25) is 5.72 Å². The van der Waals surface area contributed by atoms with E-state index in [-0.39, 0.29) is 28.1 Å². The smallest absolute Gasteiger partial charge is 0.403 e. The quantitative estimate of drug-likeness (QED) is 0.591. The number of hydrogen-bond donors (Lipinski definition) is 0. The van der Waals surface area contributed by atoms with Crippen LogP contribution < -0.4 is 0 Å². The molecule has 0 radical (unpaired) electrons. The van der Waals surface area contributed by atoms with Crippen molar-refractivity contribution in [1.29, 1.82) is 0 Å². The second kappa shape index (κ2) is 4.85. The lowest BCUT2D eigenvalue weighted by molar-refractivity contribution is 0.00578. The van der Waals surface area contributed by atoms with Gasteiger partial charge in [0.2, 0.25) is 0 Å². The predicted molar refractivity (Wildman–Crippen MR) is 86.1 cm³/mol. The molecule has 2 saturated heterocycles. The first-order valence-electron chi connectivity index (χ1n) is 7.67. The second-order valence-electron chi connectivity index (χ2n) is 8.06. The zero-order valence-corrected chi connectivity index (χ0v) is 14.6. The lowest BCUT2D eigenvalue weighted by Crippen LogP contribution is -2.41. The Bertz CT molecular complexity index is 363. The fourth-order valence-corrected chi connectivity index (χ4v) is 2.44. The van der Waals surface area contributed by atoms with Gasteiger partial charge in [-0.05, 0) is 55.4 Å². The van der Waals surface area contributed by atoms with Gasteiger partial charge in [-0.15, -0.1) is 6.58 Å². The molecule has 0 aromatic carbocycles. The molecule has 21 heavy (non-hydrogen) atoms. The van der Waals surface area contributed by atoms with Crippen molar-refractivity contribution in [3.05, 3.63) is 12.7 Å². The summed E-state index contributed by atoms with van der Waals surface area (Å²) in [6.07, 6.45) is 1.81. The minimum atomic E-state index is -0.415. The van der Waals surface area contributed by atoms with Crippen molar-refractivity contribution in [2.75, 3.05) is 0 Å².